The molecule has 25 heavy (non-hydrogen) atoms. The van der Waals surface area contributed by atoms with Crippen LogP contribution in [0.3, 0.4) is 0 Å². The molecule has 0 unspecified atom stereocenters. The van der Waals surface area contributed by atoms with E-state index in [0.29, 0.717) is 22.9 Å². The van der Waals surface area contributed by atoms with Crippen molar-refractivity contribution in [1.29, 1.82) is 0 Å². The molecular formula is C18H15N3O3S. The molecule has 7 heteroatoms. The molecule has 126 valence electrons. The van der Waals surface area contributed by atoms with Crippen molar-refractivity contribution in [2.75, 3.05) is 6.79 Å². The Labute approximate surface area is 148 Å². The molecule has 1 N–H and O–H groups in total. The van der Waals surface area contributed by atoms with Crippen molar-refractivity contribution in [1.82, 2.24) is 15.3 Å². The van der Waals surface area contributed by atoms with Gasteiger partial charge in [0.25, 0.3) is 5.91 Å². The number of nitrogens with one attached hydrogen (secondary N) is 1. The predicted octanol–water partition coefficient (Wildman–Crippen LogP) is 3.17. The lowest BCUT2D eigenvalue weighted by atomic mass is 10.2. The van der Waals surface area contributed by atoms with E-state index in [-0.39, 0.29) is 12.7 Å². The number of amides is 1. The zero-order chi connectivity index (χ0) is 17.2. The molecule has 1 aliphatic heterocycles. The maximum atomic E-state index is 12.5. The van der Waals surface area contributed by atoms with Crippen LogP contribution in [0.1, 0.15) is 20.9 Å². The SMILES string of the molecule is Cc1nc(-c2cccnc2)sc1C(=O)NCc1ccc2c(c1)OCO2. The number of hydrogen-bond donors (Lipinski definition) is 1. The minimum atomic E-state index is -0.136. The van der Waals surface area contributed by atoms with Crippen LogP contribution in [0.4, 0.5) is 0 Å². The number of benzene rings is 1. The number of thiazole rings is 1. The molecule has 0 radical (unpaired) electrons. The Morgan fingerprint density at radius 1 is 1.28 bits per heavy atom. The Morgan fingerprint density at radius 3 is 3.00 bits per heavy atom. The van der Waals surface area contributed by atoms with E-state index in [1.54, 1.807) is 12.4 Å². The molecule has 0 bridgehead atoms. The van der Waals surface area contributed by atoms with Gasteiger partial charge in [0, 0.05) is 24.5 Å². The van der Waals surface area contributed by atoms with E-state index >= 15 is 0 Å². The van der Waals surface area contributed by atoms with E-state index in [0.717, 1.165) is 21.9 Å². The number of nitrogens with zero attached hydrogens (tertiary/aromatic N) is 2. The molecule has 0 fully saturated rings. The van der Waals surface area contributed by atoms with Crippen LogP contribution in [0, 0.1) is 6.92 Å². The average molecular weight is 353 g/mol. The molecule has 3 heterocycles. The normalized spacial score (nSPS) is 12.2. The van der Waals surface area contributed by atoms with E-state index in [1.165, 1.54) is 11.3 Å². The van der Waals surface area contributed by atoms with Gasteiger partial charge in [-0.15, -0.1) is 11.3 Å². The van der Waals surface area contributed by atoms with Crippen LogP contribution in [-0.2, 0) is 6.54 Å². The molecule has 0 spiro atoms. The number of rotatable bonds is 4. The van der Waals surface area contributed by atoms with E-state index in [2.05, 4.69) is 15.3 Å². The van der Waals surface area contributed by atoms with Crippen LogP contribution >= 0.6 is 11.3 Å². The number of hydrogen-bond acceptors (Lipinski definition) is 6. The molecule has 1 aromatic carbocycles. The van der Waals surface area contributed by atoms with Crippen LogP contribution in [0.15, 0.2) is 42.7 Å². The molecule has 3 aromatic rings. The lowest BCUT2D eigenvalue weighted by Gasteiger charge is -2.05. The second kappa shape index (κ2) is 6.52. The lowest BCUT2D eigenvalue weighted by molar-refractivity contribution is 0.0954. The predicted molar refractivity (Wildman–Crippen MR) is 93.8 cm³/mol. The van der Waals surface area contributed by atoms with Gasteiger partial charge in [0.1, 0.15) is 9.88 Å². The van der Waals surface area contributed by atoms with Gasteiger partial charge in [-0.2, -0.15) is 0 Å². The largest absolute Gasteiger partial charge is 0.454 e. The number of fused-ring (bicyclic) bond motifs is 1. The number of ether oxygens (including phenoxy) is 2. The average Bonchev–Trinajstić information content (AvgIpc) is 3.26. The summed E-state index contributed by atoms with van der Waals surface area (Å²) in [5.74, 6) is 1.30. The van der Waals surface area contributed by atoms with Crippen LogP contribution in [0.25, 0.3) is 10.6 Å². The third-order valence-electron chi connectivity index (χ3n) is 3.80. The van der Waals surface area contributed by atoms with Crippen molar-refractivity contribution in [2.45, 2.75) is 13.5 Å². The highest BCUT2D eigenvalue weighted by Crippen LogP contribution is 2.32. The van der Waals surface area contributed by atoms with Crippen LogP contribution < -0.4 is 14.8 Å². The smallest absolute Gasteiger partial charge is 0.263 e. The minimum Gasteiger partial charge on any atom is -0.454 e. The zero-order valence-corrected chi connectivity index (χ0v) is 14.3. The Hall–Kier alpha value is -2.93. The Kier molecular flexibility index (Phi) is 4.07. The molecule has 1 amide bonds. The van der Waals surface area contributed by atoms with Gasteiger partial charge in [-0.25, -0.2) is 4.98 Å². The molecular weight excluding hydrogens is 338 g/mol. The van der Waals surface area contributed by atoms with Crippen molar-refractivity contribution in [3.63, 3.8) is 0 Å². The summed E-state index contributed by atoms with van der Waals surface area (Å²) < 4.78 is 10.6. The van der Waals surface area contributed by atoms with Gasteiger partial charge in [0.15, 0.2) is 11.5 Å². The van der Waals surface area contributed by atoms with E-state index < -0.39 is 0 Å². The third-order valence-corrected chi connectivity index (χ3v) is 5.01. The van der Waals surface area contributed by atoms with Crippen LogP contribution in [0.5, 0.6) is 11.5 Å². The summed E-state index contributed by atoms with van der Waals surface area (Å²) in [6.45, 7) is 2.49. The van der Waals surface area contributed by atoms with Crippen molar-refractivity contribution in [3.05, 3.63) is 58.9 Å². The van der Waals surface area contributed by atoms with E-state index in [9.17, 15) is 4.79 Å². The number of carbonyl (C=O) groups excluding carboxylic acids is 1. The molecule has 4 rings (SSSR count). The lowest BCUT2D eigenvalue weighted by Crippen LogP contribution is -2.22. The Bertz CT molecular complexity index is 925. The molecule has 0 saturated carbocycles. The first-order valence-corrected chi connectivity index (χ1v) is 8.57. The summed E-state index contributed by atoms with van der Waals surface area (Å²) in [6.07, 6.45) is 3.45. The maximum Gasteiger partial charge on any atom is 0.263 e. The fourth-order valence-electron chi connectivity index (χ4n) is 2.53. The summed E-state index contributed by atoms with van der Waals surface area (Å²) in [7, 11) is 0. The first kappa shape index (κ1) is 15.6. The van der Waals surface area contributed by atoms with Crippen molar-refractivity contribution < 1.29 is 14.3 Å². The van der Waals surface area contributed by atoms with Gasteiger partial charge in [-0.3, -0.25) is 9.78 Å². The molecule has 1 aliphatic rings. The number of carbonyl (C=O) groups is 1. The van der Waals surface area contributed by atoms with Crippen LogP contribution in [0.2, 0.25) is 0 Å². The molecule has 0 aliphatic carbocycles. The highest BCUT2D eigenvalue weighted by Gasteiger charge is 2.17. The summed E-state index contributed by atoms with van der Waals surface area (Å²) >= 11 is 1.37. The second-order valence-electron chi connectivity index (χ2n) is 5.55. The first-order chi connectivity index (χ1) is 12.2. The molecule has 0 saturated heterocycles. The Balaban J connectivity index is 1.47. The molecule has 6 nitrogen and oxygen atoms in total. The fraction of sp³-hybridized carbons (Fsp3) is 0.167. The van der Waals surface area contributed by atoms with Gasteiger partial charge in [0.2, 0.25) is 6.79 Å². The Morgan fingerprint density at radius 2 is 2.16 bits per heavy atom. The summed E-state index contributed by atoms with van der Waals surface area (Å²) in [5, 5.41) is 3.72. The maximum absolute atomic E-state index is 12.5. The zero-order valence-electron chi connectivity index (χ0n) is 13.5. The van der Waals surface area contributed by atoms with E-state index in [4.69, 9.17) is 9.47 Å². The highest BCUT2D eigenvalue weighted by atomic mass is 32.1. The highest BCUT2D eigenvalue weighted by molar-refractivity contribution is 7.17. The van der Waals surface area contributed by atoms with Gasteiger partial charge >= 0.3 is 0 Å². The summed E-state index contributed by atoms with van der Waals surface area (Å²) in [6, 6.07) is 9.42. The van der Waals surface area contributed by atoms with Gasteiger partial charge in [-0.1, -0.05) is 6.07 Å². The topological polar surface area (TPSA) is 73.3 Å². The van der Waals surface area contributed by atoms with Gasteiger partial charge in [0.05, 0.1) is 5.69 Å². The van der Waals surface area contributed by atoms with Gasteiger partial charge in [-0.05, 0) is 36.8 Å². The first-order valence-electron chi connectivity index (χ1n) is 7.75. The summed E-state index contributed by atoms with van der Waals surface area (Å²) in [4.78, 5) is 21.7. The second-order valence-corrected chi connectivity index (χ2v) is 6.54. The number of aryl methyl sites for hydroxylation is 1. The number of aromatic nitrogens is 2. The molecule has 2 aromatic heterocycles. The third kappa shape index (κ3) is 3.18. The van der Waals surface area contributed by atoms with Crippen LogP contribution in [-0.4, -0.2) is 22.7 Å². The van der Waals surface area contributed by atoms with Gasteiger partial charge < -0.3 is 14.8 Å². The fourth-order valence-corrected chi connectivity index (χ4v) is 3.51. The quantitative estimate of drug-likeness (QED) is 0.780. The minimum absolute atomic E-state index is 0.136. The number of pyridine rings is 1. The standard InChI is InChI=1S/C18H15N3O3S/c1-11-16(25-18(21-11)13-3-2-6-19-9-13)17(22)20-8-12-4-5-14-15(7-12)24-10-23-14/h2-7,9H,8,10H2,1H3,(H,20,22). The van der Waals surface area contributed by atoms with Crippen molar-refractivity contribution in [3.8, 4) is 22.1 Å². The van der Waals surface area contributed by atoms with E-state index in [1.807, 2.05) is 37.3 Å². The summed E-state index contributed by atoms with van der Waals surface area (Å²) in [5.41, 5.74) is 2.57. The van der Waals surface area contributed by atoms with Crippen molar-refractivity contribution in [2.24, 2.45) is 0 Å². The molecule has 0 atom stereocenters. The van der Waals surface area contributed by atoms with Crippen molar-refractivity contribution >= 4 is 17.2 Å². The monoisotopic (exact) mass is 353 g/mol.